The molecule has 9 rings (SSSR count). The van der Waals surface area contributed by atoms with Crippen molar-refractivity contribution < 1.29 is 56.8 Å². The summed E-state index contributed by atoms with van der Waals surface area (Å²) >= 11 is 0. The van der Waals surface area contributed by atoms with E-state index in [0.717, 1.165) is 60.1 Å². The van der Waals surface area contributed by atoms with E-state index in [1.54, 1.807) is 23.1 Å². The lowest BCUT2D eigenvalue weighted by Gasteiger charge is -2.43. The number of carbonyl (C=O) groups is 4. The Morgan fingerprint density at radius 3 is 2.22 bits per heavy atom. The molecule has 17 nitrogen and oxygen atoms in total. The predicted molar refractivity (Wildman–Crippen MR) is 303 cm³/mol. The van der Waals surface area contributed by atoms with E-state index in [1.165, 1.54) is 6.07 Å². The normalized spacial score (nSPS) is 16.8. The molecule has 5 heterocycles. The molecule has 3 aliphatic rings. The van der Waals surface area contributed by atoms with E-state index >= 15 is 0 Å². The number of furan rings is 1. The monoisotopic (exact) mass is 1100 g/mol. The Labute approximate surface area is 463 Å². The Bertz CT molecular complexity index is 3020. The quantitative estimate of drug-likeness (QED) is 0.0201. The number of hydrogen-bond acceptors (Lipinski definition) is 13. The lowest BCUT2D eigenvalue weighted by Crippen LogP contribution is -2.52. The number of piperidine rings is 3. The van der Waals surface area contributed by atoms with Gasteiger partial charge in [-0.2, -0.15) is 0 Å². The van der Waals surface area contributed by atoms with Crippen molar-refractivity contribution in [2.45, 2.75) is 122 Å². The number of aromatic nitrogens is 1. The second-order valence-electron chi connectivity index (χ2n) is 22.5. The van der Waals surface area contributed by atoms with Gasteiger partial charge < -0.3 is 52.8 Å². The van der Waals surface area contributed by atoms with Crippen LogP contribution in [0, 0.1) is 5.92 Å². The fourth-order valence-electron chi connectivity index (χ4n) is 9.38. The van der Waals surface area contributed by atoms with Crippen LogP contribution in [0.25, 0.3) is 10.9 Å². The van der Waals surface area contributed by atoms with E-state index in [9.17, 15) is 19.2 Å². The summed E-state index contributed by atoms with van der Waals surface area (Å²) in [4.78, 5) is 68.8. The third kappa shape index (κ3) is 16.8. The molecule has 2 amide bonds. The number of nitrogens with zero attached hydrogens (tertiary/aromatic N) is 2. The maximum atomic E-state index is 14.1. The van der Waals surface area contributed by atoms with E-state index in [0.29, 0.717) is 48.1 Å². The number of unbranched alkanes of at least 4 members (excludes halogenated alkanes) is 1. The molecule has 3 saturated heterocycles. The fraction of sp³-hybridized carbons (Fsp3) is 0.426. The zero-order chi connectivity index (χ0) is 56.7. The summed E-state index contributed by atoms with van der Waals surface area (Å²) in [6.45, 7) is 19.8. The minimum Gasteiger partial charge on any atom is -0.487 e. The first-order valence-corrected chi connectivity index (χ1v) is 29.9. The highest BCUT2D eigenvalue weighted by molar-refractivity contribution is 6.74. The molecule has 0 spiro atoms. The molecule has 3 aliphatic heterocycles. The summed E-state index contributed by atoms with van der Waals surface area (Å²) in [6.07, 6.45) is 1.33. The molecule has 3 fully saturated rings. The second kappa shape index (κ2) is 27.0. The highest BCUT2D eigenvalue weighted by Gasteiger charge is 2.41. The van der Waals surface area contributed by atoms with Gasteiger partial charge in [-0.05, 0) is 142 Å². The van der Waals surface area contributed by atoms with Crippen molar-refractivity contribution in [1.82, 2.24) is 20.1 Å². The van der Waals surface area contributed by atoms with Crippen LogP contribution >= 0.6 is 0 Å². The standard InChI is InChI=1S/C60H74N4O11Si.CH2O2/c1-59(2,3)74-58(68)64(38-52(75-76(7,8)60(4,5)6)47-25-28-49(55-48(47)26-29-53(65)61-55)71-39-41-18-11-9-12-19-41)32-15-16-35-69-56(66)50-27-24-46(72-50)40-70-45-23-17-22-44(36-45)54(43-20-13-10-14-21-43)62-57(67)73-51-37-63-33-30-42(51)31-34-63;2-1-3/h9-14,17-29,36,42,51-52,54H,15-16,30-35,37-40H2,1-8H3,(H,61,65)(H,62,67);1H,(H,2,3)/t51?,52?,54-;/m0./s1. The number of fused-ring (bicyclic) bond motifs is 4. The van der Waals surface area contributed by atoms with Crippen molar-refractivity contribution in [3.05, 3.63) is 165 Å². The van der Waals surface area contributed by atoms with Crippen LogP contribution < -0.4 is 20.3 Å². The minimum absolute atomic E-state index is 0.0354. The van der Waals surface area contributed by atoms with Crippen molar-refractivity contribution >= 4 is 43.8 Å². The molecular weight excluding hydrogens is 1020 g/mol. The molecular formula is C61H76N4O13Si. The number of pyridine rings is 1. The first kappa shape index (κ1) is 59.3. The molecule has 2 bridgehead atoms. The largest absolute Gasteiger partial charge is 0.487 e. The van der Waals surface area contributed by atoms with Crippen LogP contribution in [0.1, 0.15) is 118 Å². The van der Waals surface area contributed by atoms with E-state index in [4.69, 9.17) is 42.4 Å². The van der Waals surface area contributed by atoms with Crippen LogP contribution in [0.4, 0.5) is 9.59 Å². The van der Waals surface area contributed by atoms with Gasteiger partial charge in [0.1, 0.15) is 42.2 Å². The summed E-state index contributed by atoms with van der Waals surface area (Å²) in [6, 6.07) is 36.9. The molecule has 6 aromatic rings. The van der Waals surface area contributed by atoms with Gasteiger partial charge in [0.05, 0.1) is 30.8 Å². The van der Waals surface area contributed by atoms with Gasteiger partial charge in [0.25, 0.3) is 6.47 Å². The van der Waals surface area contributed by atoms with Gasteiger partial charge in [-0.15, -0.1) is 0 Å². The molecule has 3 N–H and O–H groups in total. The van der Waals surface area contributed by atoms with Gasteiger partial charge in [0, 0.05) is 24.5 Å². The van der Waals surface area contributed by atoms with Gasteiger partial charge in [0.15, 0.2) is 8.32 Å². The fourth-order valence-corrected chi connectivity index (χ4v) is 10.6. The number of carbonyl (C=O) groups excluding carboxylic acids is 3. The summed E-state index contributed by atoms with van der Waals surface area (Å²) in [5, 5.41) is 10.6. The number of benzene rings is 4. The summed E-state index contributed by atoms with van der Waals surface area (Å²) in [5.74, 6) is 1.30. The van der Waals surface area contributed by atoms with Crippen LogP contribution in [-0.4, -0.2) is 104 Å². The van der Waals surface area contributed by atoms with Crippen LogP contribution in [-0.2, 0) is 36.6 Å². The number of rotatable bonds is 21. The SMILES string of the molecule is CC(C)(C)OC(=O)N(CCCCOC(=O)c1ccc(COc2cccc([C@@H](NC(=O)OC3CN4CCC3CC4)c3ccccc3)c2)o1)CC(O[Si](C)(C)C(C)(C)C)c1ccc(OCc2ccccc2)c2[nH]c(=O)ccc12.O=CO. The maximum Gasteiger partial charge on any atom is 0.410 e. The van der Waals surface area contributed by atoms with E-state index in [1.807, 2.05) is 118 Å². The number of ether oxygens (including phenoxy) is 5. The Hall–Kier alpha value is -7.41. The molecule has 18 heteroatoms. The van der Waals surface area contributed by atoms with Gasteiger partial charge in [-0.3, -0.25) is 14.5 Å². The number of alkyl carbamates (subject to hydrolysis) is 1. The van der Waals surface area contributed by atoms with Crippen molar-refractivity contribution in [3.8, 4) is 11.5 Å². The van der Waals surface area contributed by atoms with Crippen LogP contribution in [0.5, 0.6) is 11.5 Å². The van der Waals surface area contributed by atoms with Gasteiger partial charge in [0.2, 0.25) is 11.3 Å². The van der Waals surface area contributed by atoms with Crippen molar-refractivity contribution in [2.75, 3.05) is 39.3 Å². The maximum absolute atomic E-state index is 14.1. The molecule has 4 aromatic carbocycles. The molecule has 0 aliphatic carbocycles. The van der Waals surface area contributed by atoms with Gasteiger partial charge in [-0.1, -0.05) is 99.6 Å². The van der Waals surface area contributed by atoms with Crippen LogP contribution in [0.15, 0.2) is 131 Å². The number of carboxylic acid groups (broad SMARTS) is 1. The zero-order valence-corrected chi connectivity index (χ0v) is 47.7. The average Bonchev–Trinajstić information content (AvgIpc) is 3.97. The van der Waals surface area contributed by atoms with E-state index < -0.39 is 44.2 Å². The zero-order valence-electron chi connectivity index (χ0n) is 46.7. The molecule has 3 atom stereocenters. The number of esters is 1. The lowest BCUT2D eigenvalue weighted by atomic mass is 9.86. The third-order valence-corrected chi connectivity index (χ3v) is 19.0. The molecule has 2 aromatic heterocycles. The van der Waals surface area contributed by atoms with Crippen LogP contribution in [0.3, 0.4) is 0 Å². The Kier molecular flexibility index (Phi) is 20.2. The summed E-state index contributed by atoms with van der Waals surface area (Å²) < 4.78 is 43.1. The number of H-pyrrole nitrogens is 1. The first-order chi connectivity index (χ1) is 37.7. The smallest absolute Gasteiger partial charge is 0.410 e. The topological polar surface area (TPSA) is 208 Å². The first-order valence-electron chi connectivity index (χ1n) is 27.0. The highest BCUT2D eigenvalue weighted by atomic mass is 28.4. The Balaban J connectivity index is 0.00000294. The molecule has 0 saturated carbocycles. The number of aromatic amines is 1. The van der Waals surface area contributed by atoms with E-state index in [-0.39, 0.29) is 55.2 Å². The number of hydrogen-bond donors (Lipinski definition) is 3. The molecule has 422 valence electrons. The second-order valence-corrected chi connectivity index (χ2v) is 27.2. The molecule has 0 radical (unpaired) electrons. The minimum atomic E-state index is -2.49. The number of amides is 2. The van der Waals surface area contributed by atoms with Gasteiger partial charge >= 0.3 is 18.2 Å². The third-order valence-electron chi connectivity index (χ3n) is 14.5. The molecule has 2 unspecified atom stereocenters. The summed E-state index contributed by atoms with van der Waals surface area (Å²) in [5.41, 5.74) is 3.00. The van der Waals surface area contributed by atoms with Crippen molar-refractivity contribution in [2.24, 2.45) is 5.92 Å². The highest BCUT2D eigenvalue weighted by Crippen LogP contribution is 2.42. The molecule has 79 heavy (non-hydrogen) atoms. The Morgan fingerprint density at radius 2 is 1.54 bits per heavy atom. The number of nitrogens with one attached hydrogen (secondary N) is 2. The van der Waals surface area contributed by atoms with Crippen molar-refractivity contribution in [1.29, 1.82) is 0 Å². The van der Waals surface area contributed by atoms with Crippen LogP contribution in [0.2, 0.25) is 18.1 Å². The lowest BCUT2D eigenvalue weighted by molar-refractivity contribution is -0.122. The summed E-state index contributed by atoms with van der Waals surface area (Å²) in [7, 11) is -2.49. The average molecular weight is 1100 g/mol. The Morgan fingerprint density at radius 1 is 0.848 bits per heavy atom. The van der Waals surface area contributed by atoms with Crippen molar-refractivity contribution in [3.63, 3.8) is 0 Å². The predicted octanol–water partition coefficient (Wildman–Crippen LogP) is 11.8. The van der Waals surface area contributed by atoms with E-state index in [2.05, 4.69) is 49.1 Å². The van der Waals surface area contributed by atoms with Gasteiger partial charge in [-0.25, -0.2) is 14.4 Å².